The largest absolute Gasteiger partial charge is 0.462 e. The minimum atomic E-state index is -3.03. The number of nitrogens with one attached hydrogen (secondary N) is 2. The van der Waals surface area contributed by atoms with Crippen molar-refractivity contribution in [2.75, 3.05) is 23.4 Å². The zero-order chi connectivity index (χ0) is 16.9. The Hall–Kier alpha value is -2.09. The average Bonchev–Trinajstić information content (AvgIpc) is 2.84. The Morgan fingerprint density at radius 3 is 2.52 bits per heavy atom. The van der Waals surface area contributed by atoms with Crippen LogP contribution < -0.4 is 10.6 Å². The average molecular weight is 340 g/mol. The van der Waals surface area contributed by atoms with Crippen molar-refractivity contribution < 1.29 is 22.7 Å². The highest BCUT2D eigenvalue weighted by atomic mass is 32.2. The molecule has 2 amide bonds. The van der Waals surface area contributed by atoms with Gasteiger partial charge in [0.25, 0.3) is 0 Å². The van der Waals surface area contributed by atoms with Crippen LogP contribution in [0, 0.1) is 0 Å². The molecule has 1 fully saturated rings. The number of carbonyl (C=O) groups is 2. The Morgan fingerprint density at radius 1 is 1.26 bits per heavy atom. The molecule has 7 nitrogen and oxygen atoms in total. The summed E-state index contributed by atoms with van der Waals surface area (Å²) in [7, 11) is -3.03. The van der Waals surface area contributed by atoms with E-state index in [1.54, 1.807) is 24.3 Å². The standard InChI is InChI=1S/C15H20N2O5S/c1-2-8-22-14(18)11-3-5-12(6-4-11)16-15(19)17-13-7-9-23(20,21)10-13/h3-6,13H,2,7-10H2,1H3,(H2,16,17,19)/t13-/m1/s1. The van der Waals surface area contributed by atoms with Crippen LogP contribution in [0.3, 0.4) is 0 Å². The molecule has 1 aliphatic heterocycles. The van der Waals surface area contributed by atoms with Crippen molar-refractivity contribution in [3.05, 3.63) is 29.8 Å². The molecule has 126 valence electrons. The number of urea groups is 1. The minimum absolute atomic E-state index is 0.0252. The number of sulfone groups is 1. The molecule has 1 saturated heterocycles. The summed E-state index contributed by atoms with van der Waals surface area (Å²) in [4.78, 5) is 23.5. The summed E-state index contributed by atoms with van der Waals surface area (Å²) in [6, 6.07) is 5.49. The Balaban J connectivity index is 1.85. The molecule has 23 heavy (non-hydrogen) atoms. The molecule has 1 aliphatic rings. The van der Waals surface area contributed by atoms with Gasteiger partial charge in [-0.1, -0.05) is 6.92 Å². The molecule has 0 unspecified atom stereocenters. The molecular formula is C15H20N2O5S. The third kappa shape index (κ3) is 5.24. The molecular weight excluding hydrogens is 320 g/mol. The van der Waals surface area contributed by atoms with Crippen LogP contribution in [-0.2, 0) is 14.6 Å². The molecule has 0 aromatic heterocycles. The monoisotopic (exact) mass is 340 g/mol. The molecule has 0 saturated carbocycles. The van der Waals surface area contributed by atoms with E-state index in [1.807, 2.05) is 6.92 Å². The molecule has 0 spiro atoms. The molecule has 1 atom stereocenters. The fourth-order valence-electron chi connectivity index (χ4n) is 2.23. The van der Waals surface area contributed by atoms with Crippen molar-refractivity contribution in [3.63, 3.8) is 0 Å². The van der Waals surface area contributed by atoms with E-state index in [-0.39, 0.29) is 17.5 Å². The van der Waals surface area contributed by atoms with Gasteiger partial charge in [0.2, 0.25) is 0 Å². The van der Waals surface area contributed by atoms with Crippen LogP contribution in [0.15, 0.2) is 24.3 Å². The Bertz CT molecular complexity index is 670. The highest BCUT2D eigenvalue weighted by Crippen LogP contribution is 2.13. The second kappa shape index (κ2) is 7.45. The molecule has 0 radical (unpaired) electrons. The maximum atomic E-state index is 11.8. The number of hydrogen-bond donors (Lipinski definition) is 2. The summed E-state index contributed by atoms with van der Waals surface area (Å²) >= 11 is 0. The van der Waals surface area contributed by atoms with Gasteiger partial charge in [0.05, 0.1) is 23.7 Å². The Kier molecular flexibility index (Phi) is 5.59. The number of rotatable bonds is 5. The number of benzene rings is 1. The first-order valence-electron chi connectivity index (χ1n) is 7.45. The van der Waals surface area contributed by atoms with E-state index in [4.69, 9.17) is 4.74 Å². The maximum absolute atomic E-state index is 11.8. The third-order valence-corrected chi connectivity index (χ3v) is 5.15. The van der Waals surface area contributed by atoms with Gasteiger partial charge in [-0.05, 0) is 37.1 Å². The topological polar surface area (TPSA) is 102 Å². The molecule has 2 N–H and O–H groups in total. The quantitative estimate of drug-likeness (QED) is 0.792. The van der Waals surface area contributed by atoms with Crippen molar-refractivity contribution >= 4 is 27.5 Å². The van der Waals surface area contributed by atoms with Gasteiger partial charge in [-0.15, -0.1) is 0 Å². The van der Waals surface area contributed by atoms with Crippen LogP contribution in [-0.4, -0.2) is 44.6 Å². The molecule has 1 aromatic rings. The zero-order valence-corrected chi connectivity index (χ0v) is 13.7. The first-order valence-corrected chi connectivity index (χ1v) is 9.27. The van der Waals surface area contributed by atoms with Crippen molar-refractivity contribution in [1.82, 2.24) is 5.32 Å². The molecule has 1 heterocycles. The molecule has 8 heteroatoms. The van der Waals surface area contributed by atoms with Gasteiger partial charge >= 0.3 is 12.0 Å². The number of carbonyl (C=O) groups excluding carboxylic acids is 2. The highest BCUT2D eigenvalue weighted by molar-refractivity contribution is 7.91. The molecule has 0 aliphatic carbocycles. The van der Waals surface area contributed by atoms with Crippen LogP contribution in [0.2, 0.25) is 0 Å². The minimum Gasteiger partial charge on any atom is -0.462 e. The van der Waals surface area contributed by atoms with Crippen molar-refractivity contribution in [1.29, 1.82) is 0 Å². The molecule has 1 aromatic carbocycles. The van der Waals surface area contributed by atoms with Crippen LogP contribution in [0.1, 0.15) is 30.1 Å². The number of amides is 2. The zero-order valence-electron chi connectivity index (χ0n) is 12.9. The maximum Gasteiger partial charge on any atom is 0.338 e. The number of esters is 1. The van der Waals surface area contributed by atoms with E-state index in [0.717, 1.165) is 6.42 Å². The SMILES string of the molecule is CCCOC(=O)c1ccc(NC(=O)N[C@@H]2CCS(=O)(=O)C2)cc1. The van der Waals surface area contributed by atoms with Crippen LogP contribution >= 0.6 is 0 Å². The van der Waals surface area contributed by atoms with Gasteiger partial charge in [0, 0.05) is 11.7 Å². The van der Waals surface area contributed by atoms with Gasteiger partial charge in [0.1, 0.15) is 0 Å². The smallest absolute Gasteiger partial charge is 0.338 e. The van der Waals surface area contributed by atoms with E-state index in [2.05, 4.69) is 10.6 Å². The van der Waals surface area contributed by atoms with E-state index in [0.29, 0.717) is 24.3 Å². The lowest BCUT2D eigenvalue weighted by atomic mass is 10.2. The van der Waals surface area contributed by atoms with Crippen LogP contribution in [0.5, 0.6) is 0 Å². The normalized spacial score (nSPS) is 19.1. The van der Waals surface area contributed by atoms with Crippen molar-refractivity contribution in [2.45, 2.75) is 25.8 Å². The van der Waals surface area contributed by atoms with Gasteiger partial charge in [0.15, 0.2) is 9.84 Å². The van der Waals surface area contributed by atoms with Crippen LogP contribution in [0.4, 0.5) is 10.5 Å². The first-order chi connectivity index (χ1) is 10.9. The van der Waals surface area contributed by atoms with Gasteiger partial charge in [-0.25, -0.2) is 18.0 Å². The summed E-state index contributed by atoms with van der Waals surface area (Å²) in [6.07, 6.45) is 1.18. The second-order valence-corrected chi connectivity index (χ2v) is 7.64. The highest BCUT2D eigenvalue weighted by Gasteiger charge is 2.28. The number of anilines is 1. The van der Waals surface area contributed by atoms with Crippen molar-refractivity contribution in [3.8, 4) is 0 Å². The van der Waals surface area contributed by atoms with Gasteiger partial charge < -0.3 is 15.4 Å². The lowest BCUT2D eigenvalue weighted by Gasteiger charge is -2.12. The van der Waals surface area contributed by atoms with Gasteiger partial charge in [-0.2, -0.15) is 0 Å². The molecule has 0 bridgehead atoms. The fraction of sp³-hybridized carbons (Fsp3) is 0.467. The predicted molar refractivity (Wildman–Crippen MR) is 86.2 cm³/mol. The second-order valence-electron chi connectivity index (χ2n) is 5.41. The summed E-state index contributed by atoms with van der Waals surface area (Å²) < 4.78 is 27.7. The van der Waals surface area contributed by atoms with E-state index < -0.39 is 21.8 Å². The van der Waals surface area contributed by atoms with E-state index in [1.165, 1.54) is 0 Å². The Morgan fingerprint density at radius 2 is 1.96 bits per heavy atom. The predicted octanol–water partition coefficient (Wildman–Crippen LogP) is 1.56. The summed E-state index contributed by atoms with van der Waals surface area (Å²) in [5.41, 5.74) is 0.918. The lowest BCUT2D eigenvalue weighted by molar-refractivity contribution is 0.0505. The van der Waals surface area contributed by atoms with E-state index >= 15 is 0 Å². The van der Waals surface area contributed by atoms with Crippen LogP contribution in [0.25, 0.3) is 0 Å². The first kappa shape index (κ1) is 17.3. The van der Waals surface area contributed by atoms with Crippen molar-refractivity contribution in [2.24, 2.45) is 0 Å². The Labute approximate surface area is 135 Å². The fourth-order valence-corrected chi connectivity index (χ4v) is 3.90. The summed E-state index contributed by atoms with van der Waals surface area (Å²) in [5, 5.41) is 5.24. The van der Waals surface area contributed by atoms with E-state index in [9.17, 15) is 18.0 Å². The third-order valence-electron chi connectivity index (χ3n) is 3.38. The molecule has 2 rings (SSSR count). The summed E-state index contributed by atoms with van der Waals surface area (Å²) in [6.45, 7) is 2.28. The number of ether oxygens (including phenoxy) is 1. The lowest BCUT2D eigenvalue weighted by Crippen LogP contribution is -2.38. The van der Waals surface area contributed by atoms with Gasteiger partial charge in [-0.3, -0.25) is 0 Å². The summed E-state index contributed by atoms with van der Waals surface area (Å²) in [5.74, 6) is -0.325. The number of hydrogen-bond acceptors (Lipinski definition) is 5.